The molecule has 0 fully saturated rings. The summed E-state index contributed by atoms with van der Waals surface area (Å²) >= 11 is 1.68. The first-order valence-corrected chi connectivity index (χ1v) is 8.58. The topological polar surface area (TPSA) is 64.3 Å². The molecule has 24 heavy (non-hydrogen) atoms. The van der Waals surface area contributed by atoms with Gasteiger partial charge in [-0.05, 0) is 19.2 Å². The molecule has 6 nitrogen and oxygen atoms in total. The Morgan fingerprint density at radius 1 is 1.29 bits per heavy atom. The summed E-state index contributed by atoms with van der Waals surface area (Å²) in [5.74, 6) is 2.23. The fourth-order valence-corrected chi connectivity index (χ4v) is 3.32. The van der Waals surface area contributed by atoms with E-state index in [1.807, 2.05) is 44.4 Å². The molecule has 0 saturated heterocycles. The molecule has 0 aliphatic carbocycles. The van der Waals surface area contributed by atoms with E-state index in [-0.39, 0.29) is 0 Å². The number of ether oxygens (including phenoxy) is 1. The van der Waals surface area contributed by atoms with E-state index in [2.05, 4.69) is 20.0 Å². The zero-order valence-corrected chi connectivity index (χ0v) is 14.8. The quantitative estimate of drug-likeness (QED) is 0.654. The molecule has 7 heteroatoms. The lowest BCUT2D eigenvalue weighted by Gasteiger charge is -2.12. The molecule has 0 aliphatic rings. The van der Waals surface area contributed by atoms with Crippen molar-refractivity contribution in [3.8, 4) is 16.3 Å². The third-order valence-electron chi connectivity index (χ3n) is 3.52. The second-order valence-electron chi connectivity index (χ2n) is 5.49. The smallest absolute Gasteiger partial charge is 0.226 e. The van der Waals surface area contributed by atoms with Gasteiger partial charge in [0.2, 0.25) is 5.89 Å². The second kappa shape index (κ2) is 7.55. The van der Waals surface area contributed by atoms with Gasteiger partial charge in [-0.15, -0.1) is 11.3 Å². The summed E-state index contributed by atoms with van der Waals surface area (Å²) in [5.41, 5.74) is 1.07. The molecule has 0 spiro atoms. The van der Waals surface area contributed by atoms with Crippen molar-refractivity contribution in [1.82, 2.24) is 20.0 Å². The predicted molar refractivity (Wildman–Crippen MR) is 92.9 cm³/mol. The highest BCUT2D eigenvalue weighted by Crippen LogP contribution is 2.28. The van der Waals surface area contributed by atoms with E-state index in [0.29, 0.717) is 18.3 Å². The number of hydrogen-bond donors (Lipinski definition) is 0. The van der Waals surface area contributed by atoms with Crippen LogP contribution in [0.2, 0.25) is 0 Å². The monoisotopic (exact) mass is 344 g/mol. The van der Waals surface area contributed by atoms with Gasteiger partial charge in [-0.3, -0.25) is 4.90 Å². The largest absolute Gasteiger partial charge is 0.497 e. The molecule has 0 N–H and O–H groups in total. The van der Waals surface area contributed by atoms with Gasteiger partial charge in [0.1, 0.15) is 10.8 Å². The third kappa shape index (κ3) is 3.98. The SMILES string of the molecule is CCc1nc(CN(C)Cc2cnc(-c3cccc(OC)c3)s2)no1. The predicted octanol–water partition coefficient (Wildman–Crippen LogP) is 3.40. The minimum absolute atomic E-state index is 0.649. The van der Waals surface area contributed by atoms with Gasteiger partial charge in [0.05, 0.1) is 13.7 Å². The van der Waals surface area contributed by atoms with Gasteiger partial charge < -0.3 is 9.26 Å². The van der Waals surface area contributed by atoms with Crippen molar-refractivity contribution in [2.45, 2.75) is 26.4 Å². The van der Waals surface area contributed by atoms with Gasteiger partial charge in [0.15, 0.2) is 5.82 Å². The fraction of sp³-hybridized carbons (Fsp3) is 0.353. The van der Waals surface area contributed by atoms with Crippen LogP contribution >= 0.6 is 11.3 Å². The van der Waals surface area contributed by atoms with Crippen molar-refractivity contribution in [3.05, 3.63) is 47.1 Å². The summed E-state index contributed by atoms with van der Waals surface area (Å²) in [6, 6.07) is 7.95. The Hall–Kier alpha value is -2.25. The molecular weight excluding hydrogens is 324 g/mol. The lowest BCUT2D eigenvalue weighted by Crippen LogP contribution is -2.17. The van der Waals surface area contributed by atoms with E-state index in [1.165, 1.54) is 4.88 Å². The second-order valence-corrected chi connectivity index (χ2v) is 6.61. The van der Waals surface area contributed by atoms with E-state index >= 15 is 0 Å². The van der Waals surface area contributed by atoms with Gasteiger partial charge in [0, 0.05) is 29.6 Å². The van der Waals surface area contributed by atoms with Crippen molar-refractivity contribution in [3.63, 3.8) is 0 Å². The molecule has 0 radical (unpaired) electrons. The molecule has 0 bridgehead atoms. The summed E-state index contributed by atoms with van der Waals surface area (Å²) in [7, 11) is 3.70. The van der Waals surface area contributed by atoms with Gasteiger partial charge in [-0.1, -0.05) is 24.2 Å². The Balaban J connectivity index is 1.64. The number of aromatic nitrogens is 3. The van der Waals surface area contributed by atoms with Crippen LogP contribution in [-0.4, -0.2) is 34.2 Å². The maximum atomic E-state index is 5.27. The normalized spacial score (nSPS) is 11.2. The molecule has 126 valence electrons. The zero-order valence-electron chi connectivity index (χ0n) is 14.0. The summed E-state index contributed by atoms with van der Waals surface area (Å²) in [6.45, 7) is 3.44. The Labute approximate surface area is 145 Å². The van der Waals surface area contributed by atoms with E-state index in [1.54, 1.807) is 18.4 Å². The van der Waals surface area contributed by atoms with Crippen molar-refractivity contribution in [2.75, 3.05) is 14.2 Å². The summed E-state index contributed by atoms with van der Waals surface area (Å²) in [4.78, 5) is 12.2. The minimum Gasteiger partial charge on any atom is -0.497 e. The van der Waals surface area contributed by atoms with Crippen molar-refractivity contribution in [2.24, 2.45) is 0 Å². The van der Waals surface area contributed by atoms with Gasteiger partial charge in [-0.25, -0.2) is 4.98 Å². The van der Waals surface area contributed by atoms with E-state index in [0.717, 1.165) is 29.3 Å². The highest BCUT2D eigenvalue weighted by Gasteiger charge is 2.11. The molecule has 0 amide bonds. The first kappa shape index (κ1) is 16.6. The average Bonchev–Trinajstić information content (AvgIpc) is 3.24. The van der Waals surface area contributed by atoms with Crippen LogP contribution in [-0.2, 0) is 19.5 Å². The van der Waals surface area contributed by atoms with Gasteiger partial charge in [-0.2, -0.15) is 4.98 Å². The number of aryl methyl sites for hydroxylation is 1. The highest BCUT2D eigenvalue weighted by molar-refractivity contribution is 7.15. The van der Waals surface area contributed by atoms with Crippen LogP contribution in [0.4, 0.5) is 0 Å². The molecule has 0 aliphatic heterocycles. The minimum atomic E-state index is 0.649. The molecule has 0 saturated carbocycles. The van der Waals surface area contributed by atoms with Crippen molar-refractivity contribution < 1.29 is 9.26 Å². The molecule has 2 heterocycles. The number of nitrogens with zero attached hydrogens (tertiary/aromatic N) is 4. The first-order chi connectivity index (χ1) is 11.7. The molecule has 0 atom stereocenters. The van der Waals surface area contributed by atoms with Crippen LogP contribution in [0.5, 0.6) is 5.75 Å². The van der Waals surface area contributed by atoms with Crippen molar-refractivity contribution >= 4 is 11.3 Å². The molecule has 3 aromatic rings. The zero-order chi connectivity index (χ0) is 16.9. The van der Waals surface area contributed by atoms with E-state index < -0.39 is 0 Å². The van der Waals surface area contributed by atoms with Crippen molar-refractivity contribution in [1.29, 1.82) is 0 Å². The molecular formula is C17H20N4O2S. The Bertz CT molecular complexity index is 799. The maximum absolute atomic E-state index is 5.27. The fourth-order valence-electron chi connectivity index (χ4n) is 2.33. The summed E-state index contributed by atoms with van der Waals surface area (Å²) < 4.78 is 10.4. The lowest BCUT2D eigenvalue weighted by atomic mass is 10.2. The first-order valence-electron chi connectivity index (χ1n) is 7.77. The number of thiazole rings is 1. The number of benzene rings is 1. The van der Waals surface area contributed by atoms with Crippen LogP contribution in [0.3, 0.4) is 0 Å². The number of rotatable bonds is 7. The summed E-state index contributed by atoms with van der Waals surface area (Å²) in [5, 5.41) is 4.98. The van der Waals surface area contributed by atoms with Gasteiger partial charge >= 0.3 is 0 Å². The molecule has 2 aromatic heterocycles. The number of methoxy groups -OCH3 is 1. The van der Waals surface area contributed by atoms with Crippen LogP contribution in [0.25, 0.3) is 10.6 Å². The molecule has 3 rings (SSSR count). The van der Waals surface area contributed by atoms with E-state index in [4.69, 9.17) is 9.26 Å². The standard InChI is InChI=1S/C17H20N4O2S/c1-4-16-19-15(20-23-16)11-21(2)10-14-9-18-17(24-14)12-6-5-7-13(8-12)22-3/h5-9H,4,10-11H2,1-3H3. The van der Waals surface area contributed by atoms with E-state index in [9.17, 15) is 0 Å². The van der Waals surface area contributed by atoms with Gasteiger partial charge in [0.25, 0.3) is 0 Å². The number of hydrogen-bond acceptors (Lipinski definition) is 7. The summed E-state index contributed by atoms with van der Waals surface area (Å²) in [6.07, 6.45) is 2.68. The lowest BCUT2D eigenvalue weighted by molar-refractivity contribution is 0.302. The van der Waals surface area contributed by atoms with Crippen LogP contribution in [0.15, 0.2) is 35.0 Å². The Kier molecular flexibility index (Phi) is 5.22. The van der Waals surface area contributed by atoms with Crippen LogP contribution < -0.4 is 4.74 Å². The van der Waals surface area contributed by atoms with Crippen LogP contribution in [0.1, 0.15) is 23.5 Å². The molecule has 0 unspecified atom stereocenters. The Morgan fingerprint density at radius 2 is 2.17 bits per heavy atom. The average molecular weight is 344 g/mol. The highest BCUT2D eigenvalue weighted by atomic mass is 32.1. The third-order valence-corrected chi connectivity index (χ3v) is 4.55. The Morgan fingerprint density at radius 3 is 2.92 bits per heavy atom. The maximum Gasteiger partial charge on any atom is 0.226 e. The molecule has 1 aromatic carbocycles. The van der Waals surface area contributed by atoms with Crippen LogP contribution in [0, 0.1) is 0 Å².